The van der Waals surface area contributed by atoms with Gasteiger partial charge in [0.25, 0.3) is 5.56 Å². The number of hydrogen-bond acceptors (Lipinski definition) is 3. The molecule has 0 radical (unpaired) electrons. The van der Waals surface area contributed by atoms with Crippen molar-refractivity contribution in [1.29, 1.82) is 0 Å². The van der Waals surface area contributed by atoms with Gasteiger partial charge in [-0.2, -0.15) is 0 Å². The number of rotatable bonds is 6. The van der Waals surface area contributed by atoms with Crippen LogP contribution in [0, 0.1) is 0 Å². The van der Waals surface area contributed by atoms with E-state index in [1.165, 1.54) is 0 Å². The number of H-pyrrole nitrogens is 1. The maximum atomic E-state index is 11.9. The number of para-hydroxylation sites is 1. The Morgan fingerprint density at radius 1 is 1.32 bits per heavy atom. The molecule has 0 atom stereocenters. The Labute approximate surface area is 112 Å². The summed E-state index contributed by atoms with van der Waals surface area (Å²) >= 11 is 0. The Hall–Kier alpha value is -1.65. The molecule has 0 unspecified atom stereocenters. The minimum absolute atomic E-state index is 0.0315. The Morgan fingerprint density at radius 3 is 2.89 bits per heavy atom. The average molecular weight is 260 g/mol. The molecule has 0 amide bonds. The second-order valence-corrected chi connectivity index (χ2v) is 4.81. The summed E-state index contributed by atoms with van der Waals surface area (Å²) < 4.78 is 5.43. The molecule has 2 aromatic rings. The van der Waals surface area contributed by atoms with Crippen LogP contribution in [-0.2, 0) is 11.3 Å². The molecule has 4 heteroatoms. The minimum atomic E-state index is -0.0315. The van der Waals surface area contributed by atoms with Crippen molar-refractivity contribution >= 4 is 10.9 Å². The quantitative estimate of drug-likeness (QED) is 0.782. The number of ether oxygens (including phenoxy) is 1. The maximum Gasteiger partial charge on any atom is 0.252 e. The molecule has 0 saturated carbocycles. The number of pyridine rings is 1. The van der Waals surface area contributed by atoms with Crippen molar-refractivity contribution < 1.29 is 4.74 Å². The summed E-state index contributed by atoms with van der Waals surface area (Å²) in [5.74, 6) is 0. The van der Waals surface area contributed by atoms with Gasteiger partial charge in [0, 0.05) is 24.2 Å². The highest BCUT2D eigenvalue weighted by Crippen LogP contribution is 2.09. The second-order valence-electron chi connectivity index (χ2n) is 4.81. The van der Waals surface area contributed by atoms with E-state index in [-0.39, 0.29) is 11.7 Å². The lowest BCUT2D eigenvalue weighted by atomic mass is 10.1. The standard InChI is InChI=1S/C15H20N2O2/c1-11(2)19-8-7-16-10-13-9-12-5-3-4-6-14(12)17-15(13)18/h3-6,9,11,16H,7-8,10H2,1-2H3,(H,17,18). The first-order chi connectivity index (χ1) is 9.16. The summed E-state index contributed by atoms with van der Waals surface area (Å²) in [6.07, 6.45) is 0.242. The highest BCUT2D eigenvalue weighted by molar-refractivity contribution is 5.78. The number of fused-ring (bicyclic) bond motifs is 1. The zero-order valence-corrected chi connectivity index (χ0v) is 11.4. The Balaban J connectivity index is 1.97. The molecular formula is C15H20N2O2. The smallest absolute Gasteiger partial charge is 0.252 e. The number of aromatic amines is 1. The molecular weight excluding hydrogens is 240 g/mol. The molecule has 0 bridgehead atoms. The van der Waals surface area contributed by atoms with Crippen molar-refractivity contribution in [2.24, 2.45) is 0 Å². The predicted molar refractivity (Wildman–Crippen MR) is 77.4 cm³/mol. The summed E-state index contributed by atoms with van der Waals surface area (Å²) in [6.45, 7) is 5.97. The lowest BCUT2D eigenvalue weighted by Gasteiger charge is -2.08. The van der Waals surface area contributed by atoms with Crippen LogP contribution in [0.25, 0.3) is 10.9 Å². The van der Waals surface area contributed by atoms with E-state index in [0.29, 0.717) is 13.2 Å². The van der Waals surface area contributed by atoms with Crippen LogP contribution >= 0.6 is 0 Å². The van der Waals surface area contributed by atoms with E-state index < -0.39 is 0 Å². The van der Waals surface area contributed by atoms with E-state index in [1.807, 2.05) is 44.2 Å². The summed E-state index contributed by atoms with van der Waals surface area (Å²) in [4.78, 5) is 14.8. The van der Waals surface area contributed by atoms with Gasteiger partial charge in [0.15, 0.2) is 0 Å². The van der Waals surface area contributed by atoms with E-state index in [1.54, 1.807) is 0 Å². The monoisotopic (exact) mass is 260 g/mol. The first-order valence-corrected chi connectivity index (χ1v) is 6.60. The number of nitrogens with one attached hydrogen (secondary N) is 2. The number of benzene rings is 1. The van der Waals surface area contributed by atoms with Crippen LogP contribution in [0.5, 0.6) is 0 Å². The molecule has 0 spiro atoms. The third kappa shape index (κ3) is 3.91. The molecule has 0 fully saturated rings. The molecule has 2 rings (SSSR count). The summed E-state index contributed by atoms with van der Waals surface area (Å²) in [5, 5.41) is 4.27. The third-order valence-corrected chi connectivity index (χ3v) is 2.88. The Kier molecular flexibility index (Phi) is 4.71. The fraction of sp³-hybridized carbons (Fsp3) is 0.400. The van der Waals surface area contributed by atoms with Gasteiger partial charge in [-0.05, 0) is 31.4 Å². The number of hydrogen-bond donors (Lipinski definition) is 2. The van der Waals surface area contributed by atoms with E-state index in [9.17, 15) is 4.79 Å². The molecule has 1 heterocycles. The van der Waals surface area contributed by atoms with Crippen molar-refractivity contribution in [2.75, 3.05) is 13.2 Å². The van der Waals surface area contributed by atoms with Crippen LogP contribution in [0.15, 0.2) is 35.1 Å². The SMILES string of the molecule is CC(C)OCCNCc1cc2ccccc2[nH]c1=O. The number of aromatic nitrogens is 1. The first-order valence-electron chi connectivity index (χ1n) is 6.60. The highest BCUT2D eigenvalue weighted by Gasteiger charge is 2.02. The van der Waals surface area contributed by atoms with Gasteiger partial charge in [-0.3, -0.25) is 4.79 Å². The van der Waals surface area contributed by atoms with Gasteiger partial charge in [-0.25, -0.2) is 0 Å². The van der Waals surface area contributed by atoms with Crippen molar-refractivity contribution in [3.05, 3.63) is 46.2 Å². The van der Waals surface area contributed by atoms with Crippen LogP contribution < -0.4 is 10.9 Å². The first kappa shape index (κ1) is 13.8. The molecule has 0 aliphatic carbocycles. The molecule has 19 heavy (non-hydrogen) atoms. The van der Waals surface area contributed by atoms with Crippen molar-refractivity contribution in [3.63, 3.8) is 0 Å². The molecule has 0 aliphatic rings. The molecule has 2 N–H and O–H groups in total. The summed E-state index contributed by atoms with van der Waals surface area (Å²) in [5.41, 5.74) is 1.60. The second kappa shape index (κ2) is 6.50. The molecule has 102 valence electrons. The van der Waals surface area contributed by atoms with Crippen LogP contribution in [0.1, 0.15) is 19.4 Å². The largest absolute Gasteiger partial charge is 0.377 e. The zero-order chi connectivity index (χ0) is 13.7. The van der Waals surface area contributed by atoms with Gasteiger partial charge in [-0.1, -0.05) is 18.2 Å². The van der Waals surface area contributed by atoms with E-state index >= 15 is 0 Å². The topological polar surface area (TPSA) is 54.1 Å². The zero-order valence-electron chi connectivity index (χ0n) is 11.4. The molecule has 1 aromatic heterocycles. The molecule has 0 saturated heterocycles. The average Bonchev–Trinajstić information content (AvgIpc) is 2.38. The minimum Gasteiger partial charge on any atom is -0.377 e. The van der Waals surface area contributed by atoms with E-state index in [4.69, 9.17) is 4.74 Å². The lowest BCUT2D eigenvalue weighted by molar-refractivity contribution is 0.0807. The normalized spacial score (nSPS) is 11.3. The fourth-order valence-electron chi connectivity index (χ4n) is 1.91. The van der Waals surface area contributed by atoms with Crippen molar-refractivity contribution in [1.82, 2.24) is 10.3 Å². The van der Waals surface area contributed by atoms with Crippen molar-refractivity contribution in [3.8, 4) is 0 Å². The Bertz CT molecular complexity index is 590. The third-order valence-electron chi connectivity index (χ3n) is 2.88. The van der Waals surface area contributed by atoms with Gasteiger partial charge < -0.3 is 15.0 Å². The maximum absolute atomic E-state index is 11.9. The van der Waals surface area contributed by atoms with Gasteiger partial charge in [0.05, 0.1) is 12.7 Å². The van der Waals surface area contributed by atoms with Crippen LogP contribution in [0.4, 0.5) is 0 Å². The Morgan fingerprint density at radius 2 is 2.11 bits per heavy atom. The van der Waals surface area contributed by atoms with Crippen LogP contribution in [-0.4, -0.2) is 24.2 Å². The van der Waals surface area contributed by atoms with Gasteiger partial charge in [-0.15, -0.1) is 0 Å². The van der Waals surface area contributed by atoms with E-state index in [0.717, 1.165) is 23.0 Å². The van der Waals surface area contributed by atoms with Crippen molar-refractivity contribution in [2.45, 2.75) is 26.5 Å². The van der Waals surface area contributed by atoms with Crippen LogP contribution in [0.2, 0.25) is 0 Å². The molecule has 0 aliphatic heterocycles. The summed E-state index contributed by atoms with van der Waals surface area (Å²) in [7, 11) is 0. The van der Waals surface area contributed by atoms with E-state index in [2.05, 4.69) is 10.3 Å². The van der Waals surface area contributed by atoms with Gasteiger partial charge in [0.1, 0.15) is 0 Å². The van der Waals surface area contributed by atoms with Gasteiger partial charge >= 0.3 is 0 Å². The van der Waals surface area contributed by atoms with Crippen LogP contribution in [0.3, 0.4) is 0 Å². The lowest BCUT2D eigenvalue weighted by Crippen LogP contribution is -2.24. The molecule has 1 aromatic carbocycles. The van der Waals surface area contributed by atoms with Gasteiger partial charge in [0.2, 0.25) is 0 Å². The predicted octanol–water partition coefficient (Wildman–Crippen LogP) is 2.04. The molecule has 4 nitrogen and oxygen atoms in total. The summed E-state index contributed by atoms with van der Waals surface area (Å²) in [6, 6.07) is 9.72. The fourth-order valence-corrected chi connectivity index (χ4v) is 1.91. The highest BCUT2D eigenvalue weighted by atomic mass is 16.5.